The van der Waals surface area contributed by atoms with Crippen molar-refractivity contribution in [3.63, 3.8) is 0 Å². The molecule has 158 valence electrons. The van der Waals surface area contributed by atoms with Crippen LogP contribution in [0.5, 0.6) is 11.5 Å². The number of unbranched alkanes of at least 4 members (excludes halogenated alkanes) is 1. The van der Waals surface area contributed by atoms with E-state index in [2.05, 4.69) is 22.2 Å². The minimum absolute atomic E-state index is 0.0236. The van der Waals surface area contributed by atoms with Gasteiger partial charge in [-0.1, -0.05) is 31.2 Å². The van der Waals surface area contributed by atoms with E-state index in [1.54, 1.807) is 18.2 Å². The first-order valence-corrected chi connectivity index (χ1v) is 11.2. The van der Waals surface area contributed by atoms with E-state index in [-0.39, 0.29) is 17.1 Å². The number of anilines is 1. The van der Waals surface area contributed by atoms with Crippen LogP contribution in [0.1, 0.15) is 56.1 Å². The molecule has 0 fully saturated rings. The van der Waals surface area contributed by atoms with Crippen LogP contribution in [0.4, 0.5) is 5.82 Å². The van der Waals surface area contributed by atoms with Gasteiger partial charge >= 0.3 is 0 Å². The first-order chi connectivity index (χ1) is 14.5. The third-order valence-electron chi connectivity index (χ3n) is 5.51. The van der Waals surface area contributed by atoms with Crippen molar-refractivity contribution < 1.29 is 14.6 Å². The van der Waals surface area contributed by atoms with Crippen LogP contribution in [0.3, 0.4) is 0 Å². The van der Waals surface area contributed by atoms with Crippen LogP contribution in [-0.4, -0.2) is 33.7 Å². The van der Waals surface area contributed by atoms with Gasteiger partial charge in [-0.2, -0.15) is 0 Å². The highest BCUT2D eigenvalue weighted by molar-refractivity contribution is 7.99. The van der Waals surface area contributed by atoms with Crippen molar-refractivity contribution in [3.05, 3.63) is 50.9 Å². The zero-order chi connectivity index (χ0) is 21.3. The SMILES string of the molecule is CCCCSc1nc2c(c(=O)[nH]1)C(c1ccc(OC)c(O)c1)C1=C(CCCC1=O)N2. The number of nitrogens with one attached hydrogen (secondary N) is 2. The third kappa shape index (κ3) is 3.71. The summed E-state index contributed by atoms with van der Waals surface area (Å²) in [6.07, 6.45) is 4.05. The van der Waals surface area contributed by atoms with Crippen LogP contribution in [0.25, 0.3) is 0 Å². The number of phenols is 1. The monoisotopic (exact) mass is 427 g/mol. The number of benzene rings is 1. The van der Waals surface area contributed by atoms with E-state index < -0.39 is 5.92 Å². The molecule has 2 heterocycles. The average Bonchev–Trinajstić information content (AvgIpc) is 2.72. The summed E-state index contributed by atoms with van der Waals surface area (Å²) in [6, 6.07) is 5.00. The number of Topliss-reactive ketones (excluding diaryl/α,β-unsaturated/α-hetero) is 1. The Morgan fingerprint density at radius 1 is 1.30 bits per heavy atom. The minimum atomic E-state index is -0.577. The van der Waals surface area contributed by atoms with Crippen LogP contribution >= 0.6 is 11.8 Å². The Balaban J connectivity index is 1.85. The van der Waals surface area contributed by atoms with Crippen molar-refractivity contribution in [3.8, 4) is 11.5 Å². The molecule has 8 heteroatoms. The van der Waals surface area contributed by atoms with E-state index in [9.17, 15) is 14.7 Å². The minimum Gasteiger partial charge on any atom is -0.504 e. The summed E-state index contributed by atoms with van der Waals surface area (Å²) in [4.78, 5) is 33.5. The summed E-state index contributed by atoms with van der Waals surface area (Å²) >= 11 is 1.52. The molecule has 2 aliphatic rings. The number of thioether (sulfide) groups is 1. The summed E-state index contributed by atoms with van der Waals surface area (Å²) in [7, 11) is 1.48. The van der Waals surface area contributed by atoms with Gasteiger partial charge in [-0.15, -0.1) is 0 Å². The fourth-order valence-corrected chi connectivity index (χ4v) is 4.99. The first kappa shape index (κ1) is 20.5. The number of H-pyrrole nitrogens is 1. The third-order valence-corrected chi connectivity index (χ3v) is 6.47. The maximum absolute atomic E-state index is 13.1. The zero-order valence-electron chi connectivity index (χ0n) is 17.1. The molecule has 2 aromatic rings. The molecule has 0 spiro atoms. The highest BCUT2D eigenvalue weighted by atomic mass is 32.2. The second-order valence-electron chi connectivity index (χ2n) is 7.49. The van der Waals surface area contributed by atoms with E-state index in [1.807, 2.05) is 0 Å². The lowest BCUT2D eigenvalue weighted by Crippen LogP contribution is -2.32. The summed E-state index contributed by atoms with van der Waals surface area (Å²) < 4.78 is 5.15. The predicted molar refractivity (Wildman–Crippen MR) is 116 cm³/mol. The Kier molecular flexibility index (Phi) is 5.85. The number of phenolic OH excluding ortho intramolecular Hbond substituents is 1. The molecule has 0 saturated heterocycles. The van der Waals surface area contributed by atoms with Crippen molar-refractivity contribution in [2.24, 2.45) is 0 Å². The molecule has 0 bridgehead atoms. The molecule has 0 saturated carbocycles. The lowest BCUT2D eigenvalue weighted by Gasteiger charge is -2.32. The molecule has 1 aromatic heterocycles. The molecule has 0 amide bonds. The Morgan fingerprint density at radius 3 is 2.87 bits per heavy atom. The summed E-state index contributed by atoms with van der Waals surface area (Å²) in [5, 5.41) is 14.2. The number of rotatable bonds is 6. The van der Waals surface area contributed by atoms with E-state index in [0.717, 1.165) is 37.1 Å². The van der Waals surface area contributed by atoms with Gasteiger partial charge in [0, 0.05) is 29.4 Å². The number of methoxy groups -OCH3 is 1. The highest BCUT2D eigenvalue weighted by Crippen LogP contribution is 2.44. The van der Waals surface area contributed by atoms with Gasteiger partial charge in [-0.3, -0.25) is 9.59 Å². The fraction of sp³-hybridized carbons (Fsp3) is 0.409. The van der Waals surface area contributed by atoms with Crippen LogP contribution in [0.15, 0.2) is 39.4 Å². The van der Waals surface area contributed by atoms with Gasteiger partial charge in [-0.05, 0) is 37.0 Å². The topological polar surface area (TPSA) is 104 Å². The Morgan fingerprint density at radius 2 is 2.13 bits per heavy atom. The van der Waals surface area contributed by atoms with Crippen LogP contribution in [0.2, 0.25) is 0 Å². The lowest BCUT2D eigenvalue weighted by atomic mass is 9.76. The molecular formula is C22H25N3O4S. The smallest absolute Gasteiger partial charge is 0.257 e. The van der Waals surface area contributed by atoms with Gasteiger partial charge in [0.2, 0.25) is 0 Å². The maximum atomic E-state index is 13.1. The number of allylic oxidation sites excluding steroid dienone is 2. The van der Waals surface area contributed by atoms with E-state index in [1.165, 1.54) is 18.9 Å². The van der Waals surface area contributed by atoms with Crippen molar-refractivity contribution in [2.45, 2.75) is 50.1 Å². The Hall–Kier alpha value is -2.74. The lowest BCUT2D eigenvalue weighted by molar-refractivity contribution is -0.116. The number of fused-ring (bicyclic) bond motifs is 1. The fourth-order valence-electron chi connectivity index (χ4n) is 4.04. The number of carbonyl (C=O) groups excluding carboxylic acids is 1. The van der Waals surface area contributed by atoms with E-state index in [0.29, 0.717) is 39.8 Å². The Bertz CT molecular complexity index is 1080. The molecule has 1 aromatic carbocycles. The van der Waals surface area contributed by atoms with Gasteiger partial charge in [0.1, 0.15) is 5.82 Å². The number of ether oxygens (including phenoxy) is 1. The number of ketones is 1. The largest absolute Gasteiger partial charge is 0.504 e. The number of aromatic amines is 1. The van der Waals surface area contributed by atoms with E-state index in [4.69, 9.17) is 4.74 Å². The summed E-state index contributed by atoms with van der Waals surface area (Å²) in [5.74, 6) is 1.12. The Labute approximate surface area is 179 Å². The van der Waals surface area contributed by atoms with Crippen molar-refractivity contribution in [1.29, 1.82) is 0 Å². The first-order valence-electron chi connectivity index (χ1n) is 10.2. The van der Waals surface area contributed by atoms with Gasteiger partial charge in [0.25, 0.3) is 5.56 Å². The number of aromatic nitrogens is 2. The molecule has 1 aliphatic carbocycles. The average molecular weight is 428 g/mol. The van der Waals surface area contributed by atoms with Gasteiger partial charge < -0.3 is 20.1 Å². The molecule has 3 N–H and O–H groups in total. The quantitative estimate of drug-likeness (QED) is 0.364. The number of aromatic hydroxyl groups is 1. The van der Waals surface area contributed by atoms with Crippen LogP contribution in [0, 0.1) is 0 Å². The molecule has 7 nitrogen and oxygen atoms in total. The number of hydrogen-bond acceptors (Lipinski definition) is 7. The van der Waals surface area contributed by atoms with Crippen LogP contribution < -0.4 is 15.6 Å². The van der Waals surface area contributed by atoms with Crippen molar-refractivity contribution in [2.75, 3.05) is 18.2 Å². The molecule has 1 unspecified atom stereocenters. The maximum Gasteiger partial charge on any atom is 0.257 e. The molecular weight excluding hydrogens is 402 g/mol. The standard InChI is InChI=1S/C22H25N3O4S/c1-3-4-10-30-22-24-20-19(21(28)25-22)17(12-8-9-16(29-2)15(27)11-12)18-13(23-20)6-5-7-14(18)26/h8-9,11,17,27H,3-7,10H2,1-2H3,(H2,23,24,25,28). The van der Waals surface area contributed by atoms with E-state index >= 15 is 0 Å². The molecule has 1 atom stereocenters. The number of hydrogen-bond donors (Lipinski definition) is 3. The van der Waals surface area contributed by atoms with Crippen molar-refractivity contribution >= 4 is 23.4 Å². The zero-order valence-corrected chi connectivity index (χ0v) is 17.9. The molecule has 4 rings (SSSR count). The molecule has 30 heavy (non-hydrogen) atoms. The number of nitrogens with zero attached hydrogens (tertiary/aromatic N) is 1. The van der Waals surface area contributed by atoms with Crippen LogP contribution in [-0.2, 0) is 4.79 Å². The normalized spacial score (nSPS) is 17.9. The summed E-state index contributed by atoms with van der Waals surface area (Å²) in [5.41, 5.74) is 2.22. The molecule has 1 aliphatic heterocycles. The second kappa shape index (κ2) is 8.55. The predicted octanol–water partition coefficient (Wildman–Crippen LogP) is 3.94. The van der Waals surface area contributed by atoms with Gasteiger partial charge in [0.05, 0.1) is 12.7 Å². The number of carbonyl (C=O) groups is 1. The second-order valence-corrected chi connectivity index (χ2v) is 8.58. The molecule has 0 radical (unpaired) electrons. The van der Waals surface area contributed by atoms with Crippen molar-refractivity contribution in [1.82, 2.24) is 9.97 Å². The van der Waals surface area contributed by atoms with Gasteiger partial charge in [-0.25, -0.2) is 4.98 Å². The summed E-state index contributed by atoms with van der Waals surface area (Å²) in [6.45, 7) is 2.12. The van der Waals surface area contributed by atoms with Gasteiger partial charge in [0.15, 0.2) is 22.4 Å². The highest BCUT2D eigenvalue weighted by Gasteiger charge is 2.38.